The molecule has 0 spiro atoms. The molecule has 2 aromatic heterocycles. The molecule has 5 rings (SSSR count). The Labute approximate surface area is 217 Å². The van der Waals surface area contributed by atoms with E-state index < -0.39 is 0 Å². The molecule has 0 saturated carbocycles. The Kier molecular flexibility index (Phi) is 7.59. The molecule has 0 aliphatic carbocycles. The highest BCUT2D eigenvalue weighted by atomic mass is 16.5. The number of carbonyl (C=O) groups excluding carboxylic acids is 1. The number of ether oxygens (including phenoxy) is 3. The van der Waals surface area contributed by atoms with Crippen molar-refractivity contribution in [1.82, 2.24) is 9.55 Å². The van der Waals surface area contributed by atoms with Crippen LogP contribution in [0.25, 0.3) is 10.9 Å². The van der Waals surface area contributed by atoms with Gasteiger partial charge in [0.05, 0.1) is 32.8 Å². The standard InChI is InChI=1S/C30H33N3O4/c1-3-36-29(34)20-28(21-7-10-25(35-2)11-8-21)33-17-14-23-19-26(12-13-27(23)33)37-18-15-24-9-6-22-5-4-16-31-30(22)32-24/h6-14,17,19,28H,3-5,15-16,18,20H2,1-2H3,(H,31,32). The van der Waals surface area contributed by atoms with Gasteiger partial charge in [0, 0.05) is 35.8 Å². The summed E-state index contributed by atoms with van der Waals surface area (Å²) in [6.45, 7) is 3.72. The minimum atomic E-state index is -0.226. The number of benzene rings is 2. The Morgan fingerprint density at radius 2 is 1.92 bits per heavy atom. The van der Waals surface area contributed by atoms with Crippen molar-refractivity contribution >= 4 is 22.7 Å². The highest BCUT2D eigenvalue weighted by molar-refractivity contribution is 5.82. The van der Waals surface area contributed by atoms with Crippen molar-refractivity contribution in [3.8, 4) is 11.5 Å². The molecular weight excluding hydrogens is 466 g/mol. The summed E-state index contributed by atoms with van der Waals surface area (Å²) in [4.78, 5) is 17.2. The maximum absolute atomic E-state index is 12.5. The van der Waals surface area contributed by atoms with Crippen molar-refractivity contribution in [2.24, 2.45) is 0 Å². The maximum atomic E-state index is 12.5. The molecule has 0 bridgehead atoms. The van der Waals surface area contributed by atoms with Crippen LogP contribution in [0, 0.1) is 0 Å². The Hall–Kier alpha value is -4.00. The summed E-state index contributed by atoms with van der Waals surface area (Å²) in [7, 11) is 1.64. The molecule has 0 radical (unpaired) electrons. The zero-order valence-electron chi connectivity index (χ0n) is 21.4. The molecule has 37 heavy (non-hydrogen) atoms. The molecule has 7 heteroatoms. The summed E-state index contributed by atoms with van der Waals surface area (Å²) < 4.78 is 18.8. The lowest BCUT2D eigenvalue weighted by Crippen LogP contribution is -2.16. The molecule has 192 valence electrons. The summed E-state index contributed by atoms with van der Waals surface area (Å²) >= 11 is 0. The number of pyridine rings is 1. The van der Waals surface area contributed by atoms with Gasteiger partial charge in [-0.15, -0.1) is 0 Å². The number of rotatable bonds is 10. The number of aryl methyl sites for hydroxylation is 1. The van der Waals surface area contributed by atoms with E-state index in [1.807, 2.05) is 55.6 Å². The van der Waals surface area contributed by atoms with Gasteiger partial charge in [0.2, 0.25) is 0 Å². The van der Waals surface area contributed by atoms with Crippen LogP contribution >= 0.6 is 0 Å². The lowest BCUT2D eigenvalue weighted by atomic mass is 10.0. The topological polar surface area (TPSA) is 74.6 Å². The summed E-state index contributed by atoms with van der Waals surface area (Å²) in [6, 6.07) is 20.0. The first kappa shape index (κ1) is 24.7. The van der Waals surface area contributed by atoms with Crippen molar-refractivity contribution < 1.29 is 19.0 Å². The third kappa shape index (κ3) is 5.71. The Morgan fingerprint density at radius 3 is 2.73 bits per heavy atom. The van der Waals surface area contributed by atoms with Gasteiger partial charge < -0.3 is 24.1 Å². The Balaban J connectivity index is 1.31. The third-order valence-electron chi connectivity index (χ3n) is 6.77. The van der Waals surface area contributed by atoms with Gasteiger partial charge in [0.1, 0.15) is 17.3 Å². The fourth-order valence-corrected chi connectivity index (χ4v) is 4.87. The predicted molar refractivity (Wildman–Crippen MR) is 145 cm³/mol. The Morgan fingerprint density at radius 1 is 1.08 bits per heavy atom. The van der Waals surface area contributed by atoms with Crippen LogP contribution in [0.3, 0.4) is 0 Å². The molecule has 0 saturated heterocycles. The van der Waals surface area contributed by atoms with E-state index in [1.165, 1.54) is 5.56 Å². The summed E-state index contributed by atoms with van der Waals surface area (Å²) in [6.07, 6.45) is 5.25. The average molecular weight is 500 g/mol. The molecule has 0 fully saturated rings. The van der Waals surface area contributed by atoms with Crippen molar-refractivity contribution in [3.05, 3.63) is 83.7 Å². The molecule has 1 N–H and O–H groups in total. The van der Waals surface area contributed by atoms with Gasteiger partial charge >= 0.3 is 5.97 Å². The van der Waals surface area contributed by atoms with Gasteiger partial charge in [-0.05, 0) is 73.4 Å². The smallest absolute Gasteiger partial charge is 0.308 e. The minimum absolute atomic E-state index is 0.196. The molecule has 1 unspecified atom stereocenters. The number of hydrogen-bond donors (Lipinski definition) is 1. The first-order valence-electron chi connectivity index (χ1n) is 12.9. The van der Waals surface area contributed by atoms with E-state index in [1.54, 1.807) is 7.11 Å². The van der Waals surface area contributed by atoms with Crippen molar-refractivity contribution in [3.63, 3.8) is 0 Å². The molecule has 2 aromatic carbocycles. The zero-order chi connectivity index (χ0) is 25.6. The monoisotopic (exact) mass is 499 g/mol. The SMILES string of the molecule is CCOC(=O)CC(c1ccc(OC)cc1)n1ccc2cc(OCCc3ccc4c(n3)NCCC4)ccc21. The molecular formula is C30H33N3O4. The highest BCUT2D eigenvalue weighted by Gasteiger charge is 2.21. The Bertz CT molecular complexity index is 1360. The van der Waals surface area contributed by atoms with E-state index in [4.69, 9.17) is 19.2 Å². The van der Waals surface area contributed by atoms with Gasteiger partial charge in [-0.3, -0.25) is 4.79 Å². The number of methoxy groups -OCH3 is 1. The van der Waals surface area contributed by atoms with Crippen LogP contribution in [0.15, 0.2) is 66.9 Å². The van der Waals surface area contributed by atoms with E-state index in [0.29, 0.717) is 13.2 Å². The number of esters is 1. The molecule has 3 heterocycles. The number of hydrogen-bond acceptors (Lipinski definition) is 6. The van der Waals surface area contributed by atoms with Crippen molar-refractivity contribution in [2.45, 2.75) is 38.6 Å². The number of fused-ring (bicyclic) bond motifs is 2. The van der Waals surface area contributed by atoms with Crippen LogP contribution in [0.1, 0.15) is 42.6 Å². The molecule has 1 atom stereocenters. The van der Waals surface area contributed by atoms with Crippen LogP contribution < -0.4 is 14.8 Å². The normalized spacial score (nSPS) is 13.5. The largest absolute Gasteiger partial charge is 0.497 e. The van der Waals surface area contributed by atoms with E-state index >= 15 is 0 Å². The van der Waals surface area contributed by atoms with Crippen LogP contribution in [-0.2, 0) is 22.4 Å². The van der Waals surface area contributed by atoms with Crippen LogP contribution in [0.4, 0.5) is 5.82 Å². The lowest BCUT2D eigenvalue weighted by molar-refractivity contribution is -0.143. The quantitative estimate of drug-likeness (QED) is 0.288. The number of carbonyl (C=O) groups is 1. The van der Waals surface area contributed by atoms with Gasteiger partial charge in [0.15, 0.2) is 0 Å². The van der Waals surface area contributed by atoms with E-state index in [2.05, 4.69) is 28.1 Å². The first-order valence-corrected chi connectivity index (χ1v) is 12.9. The number of nitrogens with zero attached hydrogens (tertiary/aromatic N) is 2. The van der Waals surface area contributed by atoms with E-state index in [0.717, 1.165) is 65.3 Å². The molecule has 4 aromatic rings. The summed E-state index contributed by atoms with van der Waals surface area (Å²) in [5.41, 5.74) is 4.36. The number of anilines is 1. The number of nitrogens with one attached hydrogen (secondary N) is 1. The zero-order valence-corrected chi connectivity index (χ0v) is 21.4. The minimum Gasteiger partial charge on any atom is -0.497 e. The van der Waals surface area contributed by atoms with Crippen molar-refractivity contribution in [2.75, 3.05) is 32.2 Å². The second-order valence-corrected chi connectivity index (χ2v) is 9.18. The lowest BCUT2D eigenvalue weighted by Gasteiger charge is -2.20. The van der Waals surface area contributed by atoms with Crippen LogP contribution in [-0.4, -0.2) is 42.4 Å². The summed E-state index contributed by atoms with van der Waals surface area (Å²) in [5.74, 6) is 2.38. The van der Waals surface area contributed by atoms with E-state index in [9.17, 15) is 4.79 Å². The first-order chi connectivity index (χ1) is 18.1. The molecule has 0 amide bonds. The predicted octanol–water partition coefficient (Wildman–Crippen LogP) is 5.57. The van der Waals surface area contributed by atoms with Gasteiger partial charge in [-0.2, -0.15) is 0 Å². The van der Waals surface area contributed by atoms with Gasteiger partial charge in [-0.1, -0.05) is 18.2 Å². The number of aromatic nitrogens is 2. The maximum Gasteiger partial charge on any atom is 0.308 e. The molecule has 1 aliphatic rings. The van der Waals surface area contributed by atoms with Crippen molar-refractivity contribution in [1.29, 1.82) is 0 Å². The van der Waals surface area contributed by atoms with Crippen LogP contribution in [0.5, 0.6) is 11.5 Å². The second-order valence-electron chi connectivity index (χ2n) is 9.18. The van der Waals surface area contributed by atoms with Crippen LogP contribution in [0.2, 0.25) is 0 Å². The average Bonchev–Trinajstić information content (AvgIpc) is 3.35. The van der Waals surface area contributed by atoms with Gasteiger partial charge in [0.25, 0.3) is 0 Å². The summed E-state index contributed by atoms with van der Waals surface area (Å²) in [5, 5.41) is 4.44. The fourth-order valence-electron chi connectivity index (χ4n) is 4.87. The van der Waals surface area contributed by atoms with Gasteiger partial charge in [-0.25, -0.2) is 4.98 Å². The second kappa shape index (κ2) is 11.4. The fraction of sp³-hybridized carbons (Fsp3) is 0.333. The third-order valence-corrected chi connectivity index (χ3v) is 6.77. The molecule has 7 nitrogen and oxygen atoms in total. The molecule has 1 aliphatic heterocycles. The van der Waals surface area contributed by atoms with E-state index in [-0.39, 0.29) is 18.4 Å². The highest BCUT2D eigenvalue weighted by Crippen LogP contribution is 2.31.